The number of anilines is 1. The molecule has 7 nitrogen and oxygen atoms in total. The third-order valence-electron chi connectivity index (χ3n) is 4.29. The highest BCUT2D eigenvalue weighted by Crippen LogP contribution is 2.39. The van der Waals surface area contributed by atoms with E-state index < -0.39 is 0 Å². The Morgan fingerprint density at radius 2 is 2.04 bits per heavy atom. The third kappa shape index (κ3) is 3.99. The van der Waals surface area contributed by atoms with Crippen LogP contribution in [0, 0.1) is 0 Å². The summed E-state index contributed by atoms with van der Waals surface area (Å²) in [5.74, 6) is 0.497. The highest BCUT2D eigenvalue weighted by Gasteiger charge is 2.26. The highest BCUT2D eigenvalue weighted by atomic mass is 35.5. The molecule has 0 spiro atoms. The molecule has 28 heavy (non-hydrogen) atoms. The van der Waals surface area contributed by atoms with Gasteiger partial charge in [0.25, 0.3) is 5.91 Å². The van der Waals surface area contributed by atoms with Gasteiger partial charge in [0.1, 0.15) is 17.0 Å². The second kappa shape index (κ2) is 8.46. The van der Waals surface area contributed by atoms with E-state index >= 15 is 0 Å². The Balaban J connectivity index is 2.07. The number of thiazole rings is 1. The Morgan fingerprint density at radius 1 is 1.29 bits per heavy atom. The molecular weight excluding hydrogens is 398 g/mol. The minimum atomic E-state index is -0.137. The minimum Gasteiger partial charge on any atom is -0.494 e. The fourth-order valence-corrected chi connectivity index (χ4v) is 4.12. The van der Waals surface area contributed by atoms with Crippen LogP contribution in [0.2, 0.25) is 5.02 Å². The first kappa shape index (κ1) is 20.6. The van der Waals surface area contributed by atoms with E-state index in [9.17, 15) is 4.79 Å². The summed E-state index contributed by atoms with van der Waals surface area (Å²) in [6, 6.07) is 5.39. The lowest BCUT2D eigenvalue weighted by atomic mass is 10.3. The van der Waals surface area contributed by atoms with Gasteiger partial charge in [-0.2, -0.15) is 5.10 Å². The molecule has 0 aliphatic carbocycles. The standard InChI is InChI=1S/C19H24ClN5O2S/c1-12(2)25-14(8-9-21-25)18(26)24(11-10-23(3)4)19-22-16-15(27-5)7-6-13(20)17(16)28-19/h6-9,12H,10-11H2,1-5H3. The summed E-state index contributed by atoms with van der Waals surface area (Å²) in [5.41, 5.74) is 1.20. The molecule has 1 aromatic carbocycles. The molecule has 0 aliphatic rings. The van der Waals surface area contributed by atoms with Crippen molar-refractivity contribution >= 4 is 44.2 Å². The molecule has 9 heteroatoms. The molecule has 0 atom stereocenters. The first-order valence-electron chi connectivity index (χ1n) is 8.96. The Hall–Kier alpha value is -2.16. The van der Waals surface area contributed by atoms with E-state index in [1.807, 2.05) is 32.8 Å². The maximum absolute atomic E-state index is 13.4. The Labute approximate surface area is 173 Å². The van der Waals surface area contributed by atoms with Crippen LogP contribution in [0.15, 0.2) is 24.4 Å². The van der Waals surface area contributed by atoms with Gasteiger partial charge in [-0.05, 0) is 46.1 Å². The zero-order chi connectivity index (χ0) is 20.4. The van der Waals surface area contributed by atoms with E-state index in [0.717, 1.165) is 4.70 Å². The lowest BCUT2D eigenvalue weighted by Gasteiger charge is -2.22. The molecule has 0 saturated carbocycles. The van der Waals surface area contributed by atoms with Gasteiger partial charge in [-0.1, -0.05) is 22.9 Å². The average molecular weight is 422 g/mol. The number of nitrogens with zero attached hydrogens (tertiary/aromatic N) is 5. The van der Waals surface area contributed by atoms with E-state index in [0.29, 0.717) is 40.2 Å². The van der Waals surface area contributed by atoms with Gasteiger partial charge >= 0.3 is 0 Å². The van der Waals surface area contributed by atoms with Crippen molar-refractivity contribution in [1.29, 1.82) is 0 Å². The van der Waals surface area contributed by atoms with Gasteiger partial charge in [0.15, 0.2) is 5.13 Å². The van der Waals surface area contributed by atoms with Gasteiger partial charge in [0.2, 0.25) is 0 Å². The van der Waals surface area contributed by atoms with Gasteiger partial charge in [-0.15, -0.1) is 0 Å². The number of likely N-dealkylation sites (N-methyl/N-ethyl adjacent to an activating group) is 1. The number of amides is 1. The second-order valence-corrected chi connectivity index (χ2v) is 8.32. The number of rotatable bonds is 7. The van der Waals surface area contributed by atoms with Crippen LogP contribution in [0.3, 0.4) is 0 Å². The molecule has 0 unspecified atom stereocenters. The number of ether oxygens (including phenoxy) is 1. The number of carbonyl (C=O) groups is 1. The van der Waals surface area contributed by atoms with Crippen LogP contribution in [0.25, 0.3) is 10.2 Å². The number of hydrogen-bond acceptors (Lipinski definition) is 6. The maximum Gasteiger partial charge on any atom is 0.278 e. The number of fused-ring (bicyclic) bond motifs is 1. The molecule has 0 bridgehead atoms. The highest BCUT2D eigenvalue weighted by molar-refractivity contribution is 7.23. The number of aromatic nitrogens is 3. The first-order valence-corrected chi connectivity index (χ1v) is 10.2. The fraction of sp³-hybridized carbons (Fsp3) is 0.421. The lowest BCUT2D eigenvalue weighted by molar-refractivity contribution is 0.0973. The first-order chi connectivity index (χ1) is 13.3. The smallest absolute Gasteiger partial charge is 0.278 e. The van der Waals surface area contributed by atoms with E-state index in [-0.39, 0.29) is 11.9 Å². The van der Waals surface area contributed by atoms with Crippen LogP contribution < -0.4 is 9.64 Å². The van der Waals surface area contributed by atoms with E-state index in [1.54, 1.807) is 41.1 Å². The van der Waals surface area contributed by atoms with Crippen LogP contribution in [-0.2, 0) is 0 Å². The van der Waals surface area contributed by atoms with E-state index in [4.69, 9.17) is 21.3 Å². The predicted octanol–water partition coefficient (Wildman–Crippen LogP) is 3.94. The summed E-state index contributed by atoms with van der Waals surface area (Å²) < 4.78 is 7.95. The van der Waals surface area contributed by atoms with Crippen LogP contribution in [0.4, 0.5) is 5.13 Å². The fourth-order valence-electron chi connectivity index (χ4n) is 2.84. The van der Waals surface area contributed by atoms with E-state index in [2.05, 4.69) is 5.10 Å². The van der Waals surface area contributed by atoms with Crippen molar-refractivity contribution < 1.29 is 9.53 Å². The van der Waals surface area contributed by atoms with Crippen LogP contribution in [0.5, 0.6) is 5.75 Å². The lowest BCUT2D eigenvalue weighted by Crippen LogP contribution is -2.38. The summed E-state index contributed by atoms with van der Waals surface area (Å²) >= 11 is 7.75. The molecule has 2 aromatic heterocycles. The number of hydrogen-bond donors (Lipinski definition) is 0. The summed E-state index contributed by atoms with van der Waals surface area (Å²) in [6.07, 6.45) is 1.65. The molecule has 3 aromatic rings. The van der Waals surface area contributed by atoms with Crippen LogP contribution >= 0.6 is 22.9 Å². The number of carbonyl (C=O) groups excluding carboxylic acids is 1. The van der Waals surface area contributed by atoms with Crippen molar-refractivity contribution in [3.8, 4) is 5.75 Å². The molecule has 0 fully saturated rings. The molecule has 2 heterocycles. The molecule has 150 valence electrons. The summed E-state index contributed by atoms with van der Waals surface area (Å²) in [7, 11) is 5.54. The van der Waals surface area contributed by atoms with Gasteiger partial charge < -0.3 is 9.64 Å². The largest absolute Gasteiger partial charge is 0.494 e. The normalized spacial score (nSPS) is 11.6. The van der Waals surface area contributed by atoms with Crippen molar-refractivity contribution in [2.75, 3.05) is 39.2 Å². The van der Waals surface area contributed by atoms with E-state index in [1.165, 1.54) is 11.3 Å². The summed E-state index contributed by atoms with van der Waals surface area (Å²) in [5, 5.41) is 5.47. The van der Waals surface area contributed by atoms with Crippen molar-refractivity contribution in [2.45, 2.75) is 19.9 Å². The number of halogens is 1. The van der Waals surface area contributed by atoms with Gasteiger partial charge in [-0.25, -0.2) is 4.98 Å². The number of benzene rings is 1. The zero-order valence-electron chi connectivity index (χ0n) is 16.6. The summed E-state index contributed by atoms with van der Waals surface area (Å²) in [6.45, 7) is 5.18. The Bertz CT molecular complexity index is 982. The average Bonchev–Trinajstić information content (AvgIpc) is 3.29. The molecular formula is C19H24ClN5O2S. The van der Waals surface area contributed by atoms with Crippen molar-refractivity contribution in [1.82, 2.24) is 19.7 Å². The SMILES string of the molecule is COc1ccc(Cl)c2sc(N(CCN(C)C)C(=O)c3ccnn3C(C)C)nc12. The van der Waals surface area contributed by atoms with Gasteiger partial charge in [-0.3, -0.25) is 14.4 Å². The molecule has 3 rings (SSSR count). The Morgan fingerprint density at radius 3 is 2.68 bits per heavy atom. The molecule has 0 aliphatic heterocycles. The molecule has 0 N–H and O–H groups in total. The van der Waals surface area contributed by atoms with Gasteiger partial charge in [0, 0.05) is 25.3 Å². The van der Waals surface area contributed by atoms with Crippen molar-refractivity contribution in [3.05, 3.63) is 35.1 Å². The zero-order valence-corrected chi connectivity index (χ0v) is 18.2. The van der Waals surface area contributed by atoms with Crippen molar-refractivity contribution in [2.24, 2.45) is 0 Å². The predicted molar refractivity (Wildman–Crippen MR) is 114 cm³/mol. The molecule has 0 saturated heterocycles. The third-order valence-corrected chi connectivity index (χ3v) is 5.83. The van der Waals surface area contributed by atoms with Crippen LogP contribution in [0.1, 0.15) is 30.4 Å². The second-order valence-electron chi connectivity index (χ2n) is 6.94. The molecule has 1 amide bonds. The number of methoxy groups -OCH3 is 1. The summed E-state index contributed by atoms with van der Waals surface area (Å²) in [4.78, 5) is 21.8. The maximum atomic E-state index is 13.4. The molecule has 0 radical (unpaired) electrons. The quantitative estimate of drug-likeness (QED) is 0.578. The minimum absolute atomic E-state index is 0.0783. The monoisotopic (exact) mass is 421 g/mol. The van der Waals surface area contributed by atoms with Gasteiger partial charge in [0.05, 0.1) is 16.8 Å². The topological polar surface area (TPSA) is 63.5 Å². The Kier molecular flexibility index (Phi) is 6.22. The van der Waals surface area contributed by atoms with Crippen LogP contribution in [-0.4, -0.2) is 59.9 Å². The van der Waals surface area contributed by atoms with Crippen molar-refractivity contribution in [3.63, 3.8) is 0 Å².